The minimum Gasteiger partial charge on any atom is -0.455 e. The van der Waals surface area contributed by atoms with Gasteiger partial charge < -0.3 is 9.84 Å². The number of aliphatic hydroxyl groups excluding tert-OH is 1. The van der Waals surface area contributed by atoms with E-state index in [1.165, 1.54) is 0 Å². The molecule has 0 aromatic carbocycles. The van der Waals surface area contributed by atoms with Gasteiger partial charge in [0.15, 0.2) is 12.1 Å². The molecule has 1 rings (SSSR count). The van der Waals surface area contributed by atoms with Crippen LogP contribution in [-0.4, -0.2) is 35.5 Å². The van der Waals surface area contributed by atoms with Crippen molar-refractivity contribution < 1.29 is 19.0 Å². The normalized spacial score (nSPS) is 41.1. The molecule has 1 aliphatic rings. The first-order valence-electron chi connectivity index (χ1n) is 3.37. The van der Waals surface area contributed by atoms with Gasteiger partial charge in [-0.25, -0.2) is 9.18 Å². The minimum absolute atomic E-state index is 0.596. The average molecular weight is 177 g/mol. The lowest BCUT2D eigenvalue weighted by atomic mass is 9.98. The second-order valence-corrected chi connectivity index (χ2v) is 2.75. The number of rotatable bonds is 2. The van der Waals surface area contributed by atoms with Gasteiger partial charge >= 0.3 is 5.97 Å². The maximum atomic E-state index is 13.2. The number of hydrogen-bond donors (Lipinski definition) is 1. The molecule has 1 fully saturated rings. The highest BCUT2D eigenvalue weighted by atomic mass is 19.1. The highest BCUT2D eigenvalue weighted by molar-refractivity contribution is 5.82. The lowest BCUT2D eigenvalue weighted by Gasteiger charge is -2.12. The van der Waals surface area contributed by atoms with Crippen molar-refractivity contribution >= 4 is 5.97 Å². The van der Waals surface area contributed by atoms with Crippen LogP contribution in [0.4, 0.5) is 4.39 Å². The SMILES string of the molecule is C[C@@]1(F)C(=O)OC(CO)[C@@H]1N=O. The number of aliphatic hydroxyl groups is 1. The Morgan fingerprint density at radius 1 is 1.83 bits per heavy atom. The Morgan fingerprint density at radius 2 is 2.42 bits per heavy atom. The molecule has 0 radical (unpaired) electrons. The molecule has 6 heteroatoms. The molecule has 0 amide bonds. The maximum absolute atomic E-state index is 13.2. The smallest absolute Gasteiger partial charge is 0.346 e. The summed E-state index contributed by atoms with van der Waals surface area (Å²) in [6.45, 7) is 0.318. The number of carbonyl (C=O) groups is 1. The van der Waals surface area contributed by atoms with Crippen LogP contribution in [0.3, 0.4) is 0 Å². The third-order valence-corrected chi connectivity index (χ3v) is 1.86. The van der Waals surface area contributed by atoms with E-state index in [1.807, 2.05) is 0 Å². The van der Waals surface area contributed by atoms with E-state index >= 15 is 0 Å². The molecule has 0 aliphatic carbocycles. The van der Waals surface area contributed by atoms with Crippen LogP contribution in [-0.2, 0) is 9.53 Å². The van der Waals surface area contributed by atoms with Crippen LogP contribution >= 0.6 is 0 Å². The molecule has 1 aliphatic heterocycles. The lowest BCUT2D eigenvalue weighted by molar-refractivity contribution is -0.150. The summed E-state index contributed by atoms with van der Waals surface area (Å²) in [6, 6.07) is -1.45. The zero-order chi connectivity index (χ0) is 9.35. The van der Waals surface area contributed by atoms with Crippen LogP contribution in [0.1, 0.15) is 6.92 Å². The number of nitroso groups, excluding NO2 is 1. The van der Waals surface area contributed by atoms with Gasteiger partial charge in [-0.2, -0.15) is 4.91 Å². The van der Waals surface area contributed by atoms with Crippen molar-refractivity contribution in [1.29, 1.82) is 0 Å². The number of nitrogens with zero attached hydrogens (tertiary/aromatic N) is 1. The fraction of sp³-hybridized carbons (Fsp3) is 0.833. The molecule has 68 valence electrons. The summed E-state index contributed by atoms with van der Waals surface area (Å²) in [4.78, 5) is 20.8. The van der Waals surface area contributed by atoms with Crippen molar-refractivity contribution in [3.05, 3.63) is 4.91 Å². The Balaban J connectivity index is 2.90. The van der Waals surface area contributed by atoms with Gasteiger partial charge in [0.2, 0.25) is 5.67 Å². The molecular formula is C6H8FNO4. The first-order chi connectivity index (χ1) is 5.54. The van der Waals surface area contributed by atoms with E-state index in [1.54, 1.807) is 0 Å². The molecule has 1 saturated heterocycles. The molecule has 0 bridgehead atoms. The summed E-state index contributed by atoms with van der Waals surface area (Å²) in [5.41, 5.74) is -2.41. The first-order valence-corrected chi connectivity index (χ1v) is 3.37. The van der Waals surface area contributed by atoms with Crippen LogP contribution in [0.25, 0.3) is 0 Å². The summed E-state index contributed by atoms with van der Waals surface area (Å²) in [6.07, 6.45) is -1.15. The third-order valence-electron chi connectivity index (χ3n) is 1.86. The van der Waals surface area contributed by atoms with Gasteiger partial charge in [0.05, 0.1) is 6.61 Å². The highest BCUT2D eigenvalue weighted by Gasteiger charge is 2.56. The van der Waals surface area contributed by atoms with E-state index in [0.29, 0.717) is 0 Å². The number of esters is 1. The van der Waals surface area contributed by atoms with Crippen LogP contribution in [0.15, 0.2) is 5.18 Å². The number of hydrogen-bond acceptors (Lipinski definition) is 5. The quantitative estimate of drug-likeness (QED) is 0.466. The molecule has 3 atom stereocenters. The Bertz CT molecular complexity index is 218. The van der Waals surface area contributed by atoms with Gasteiger partial charge in [-0.05, 0) is 6.92 Å². The summed E-state index contributed by atoms with van der Waals surface area (Å²) in [7, 11) is 0. The molecule has 0 spiro atoms. The highest BCUT2D eigenvalue weighted by Crippen LogP contribution is 2.31. The third kappa shape index (κ3) is 1.08. The second-order valence-electron chi connectivity index (χ2n) is 2.75. The first kappa shape index (κ1) is 9.05. The van der Waals surface area contributed by atoms with E-state index in [0.717, 1.165) is 6.92 Å². The minimum atomic E-state index is -2.41. The van der Waals surface area contributed by atoms with E-state index in [4.69, 9.17) is 5.11 Å². The Labute approximate surface area is 67.5 Å². The zero-order valence-electron chi connectivity index (χ0n) is 6.36. The van der Waals surface area contributed by atoms with Crippen LogP contribution in [0.2, 0.25) is 0 Å². The fourth-order valence-corrected chi connectivity index (χ4v) is 1.09. The van der Waals surface area contributed by atoms with E-state index in [2.05, 4.69) is 9.91 Å². The summed E-state index contributed by atoms with van der Waals surface area (Å²) < 4.78 is 17.6. The molecule has 0 saturated carbocycles. The van der Waals surface area contributed by atoms with E-state index < -0.39 is 30.4 Å². The largest absolute Gasteiger partial charge is 0.455 e. The van der Waals surface area contributed by atoms with Gasteiger partial charge in [-0.1, -0.05) is 5.18 Å². The van der Waals surface area contributed by atoms with Crippen molar-refractivity contribution in [2.45, 2.75) is 24.7 Å². The number of carbonyl (C=O) groups excluding carboxylic acids is 1. The Kier molecular flexibility index (Phi) is 2.10. The molecule has 1 heterocycles. The van der Waals surface area contributed by atoms with Crippen molar-refractivity contribution in [1.82, 2.24) is 0 Å². The number of ether oxygens (including phenoxy) is 1. The summed E-state index contributed by atoms with van der Waals surface area (Å²) in [5, 5.41) is 11.0. The zero-order valence-corrected chi connectivity index (χ0v) is 6.36. The molecule has 0 aromatic heterocycles. The standard InChI is InChI=1S/C6H8FNO4/c1-6(7)4(8-11)3(2-9)12-5(6)10/h3-4,9H,2H2,1H3/t3?,4-,6-/m0/s1. The number of alkyl halides is 1. The van der Waals surface area contributed by atoms with Gasteiger partial charge in [-0.3, -0.25) is 0 Å². The van der Waals surface area contributed by atoms with E-state index in [-0.39, 0.29) is 0 Å². The summed E-state index contributed by atoms with van der Waals surface area (Å²) >= 11 is 0. The molecule has 5 nitrogen and oxygen atoms in total. The fourth-order valence-electron chi connectivity index (χ4n) is 1.09. The van der Waals surface area contributed by atoms with Crippen molar-refractivity contribution in [3.63, 3.8) is 0 Å². The van der Waals surface area contributed by atoms with E-state index in [9.17, 15) is 14.1 Å². The van der Waals surface area contributed by atoms with Crippen LogP contribution in [0, 0.1) is 4.91 Å². The van der Waals surface area contributed by atoms with Crippen LogP contribution < -0.4 is 0 Å². The van der Waals surface area contributed by atoms with Crippen molar-refractivity contribution in [2.75, 3.05) is 6.61 Å². The molecule has 1 N–H and O–H groups in total. The Hall–Kier alpha value is -1.04. The van der Waals surface area contributed by atoms with Gasteiger partial charge in [0.1, 0.15) is 0 Å². The molecule has 12 heavy (non-hydrogen) atoms. The lowest BCUT2D eigenvalue weighted by Crippen LogP contribution is -2.38. The topological polar surface area (TPSA) is 76.0 Å². The number of cyclic esters (lactones) is 1. The monoisotopic (exact) mass is 177 g/mol. The summed E-state index contributed by atoms with van der Waals surface area (Å²) in [5.74, 6) is -1.15. The number of halogens is 1. The molecule has 1 unspecified atom stereocenters. The predicted molar refractivity (Wildman–Crippen MR) is 36.1 cm³/mol. The average Bonchev–Trinajstić information content (AvgIpc) is 2.23. The predicted octanol–water partition coefficient (Wildman–Crippen LogP) is -0.233. The van der Waals surface area contributed by atoms with Crippen molar-refractivity contribution in [3.8, 4) is 0 Å². The van der Waals surface area contributed by atoms with Gasteiger partial charge in [0.25, 0.3) is 0 Å². The Morgan fingerprint density at radius 3 is 2.75 bits per heavy atom. The van der Waals surface area contributed by atoms with Gasteiger partial charge in [0, 0.05) is 0 Å². The maximum Gasteiger partial charge on any atom is 0.346 e. The molecule has 0 aromatic rings. The van der Waals surface area contributed by atoms with Crippen molar-refractivity contribution in [2.24, 2.45) is 5.18 Å². The second kappa shape index (κ2) is 2.78. The molecular weight excluding hydrogens is 169 g/mol. The van der Waals surface area contributed by atoms with Gasteiger partial charge in [-0.15, -0.1) is 0 Å². The van der Waals surface area contributed by atoms with Crippen LogP contribution in [0.5, 0.6) is 0 Å².